The molecule has 1 aliphatic rings. The summed E-state index contributed by atoms with van der Waals surface area (Å²) in [7, 11) is 0. The Bertz CT molecular complexity index is 381. The molecule has 0 spiro atoms. The number of hydrogen-bond donors (Lipinski definition) is 3. The van der Waals surface area contributed by atoms with Gasteiger partial charge in [0.2, 0.25) is 0 Å². The molecule has 2 amide bonds. The molecule has 0 saturated carbocycles. The molecule has 1 fully saturated rings. The van der Waals surface area contributed by atoms with Gasteiger partial charge in [-0.1, -0.05) is 6.92 Å². The maximum Gasteiger partial charge on any atom is 0.317 e. The lowest BCUT2D eigenvalue weighted by Crippen LogP contribution is -2.43. The van der Waals surface area contributed by atoms with Crippen molar-refractivity contribution >= 4 is 11.8 Å². The molecule has 17 heavy (non-hydrogen) atoms. The van der Waals surface area contributed by atoms with Crippen LogP contribution in [0.2, 0.25) is 0 Å². The number of carbonyl (C=O) groups is 1. The Morgan fingerprint density at radius 2 is 2.35 bits per heavy atom. The lowest BCUT2D eigenvalue weighted by molar-refractivity contribution is 0.173. The fraction of sp³-hybridized carbons (Fsp3) is 0.636. The number of piperidine rings is 1. The highest BCUT2D eigenvalue weighted by Crippen LogP contribution is 2.16. The average molecular weight is 237 g/mol. The zero-order chi connectivity index (χ0) is 12.3. The summed E-state index contributed by atoms with van der Waals surface area (Å²) in [5, 5.41) is 9.31. The fourth-order valence-electron chi connectivity index (χ4n) is 1.96. The molecule has 0 aliphatic carbocycles. The van der Waals surface area contributed by atoms with Gasteiger partial charge in [-0.2, -0.15) is 5.10 Å². The number of urea groups is 1. The summed E-state index contributed by atoms with van der Waals surface area (Å²) in [5.74, 6) is 1.24. The van der Waals surface area contributed by atoms with Crippen LogP contribution in [-0.4, -0.2) is 34.2 Å². The Hall–Kier alpha value is -1.72. The number of nitrogens with zero attached hydrogens (tertiary/aromatic N) is 2. The highest BCUT2D eigenvalue weighted by Gasteiger charge is 2.19. The summed E-state index contributed by atoms with van der Waals surface area (Å²) in [6.07, 6.45) is 3.80. The zero-order valence-electron chi connectivity index (χ0n) is 10.1. The number of aromatic nitrogens is 2. The number of amides is 2. The van der Waals surface area contributed by atoms with E-state index in [0.29, 0.717) is 12.4 Å². The summed E-state index contributed by atoms with van der Waals surface area (Å²) >= 11 is 0. The van der Waals surface area contributed by atoms with Gasteiger partial charge in [0.25, 0.3) is 0 Å². The van der Waals surface area contributed by atoms with Gasteiger partial charge >= 0.3 is 6.03 Å². The molecule has 0 atom stereocenters. The lowest BCUT2D eigenvalue weighted by Gasteiger charge is -2.30. The molecular formula is C11H19N5O. The predicted molar refractivity (Wildman–Crippen MR) is 65.2 cm³/mol. The minimum Gasteiger partial charge on any atom is -0.384 e. The number of H-pyrrole nitrogens is 1. The summed E-state index contributed by atoms with van der Waals surface area (Å²) < 4.78 is 0. The van der Waals surface area contributed by atoms with Gasteiger partial charge in [-0.25, -0.2) is 4.79 Å². The van der Waals surface area contributed by atoms with Crippen LogP contribution in [0.1, 0.15) is 25.3 Å². The van der Waals surface area contributed by atoms with E-state index < -0.39 is 0 Å². The zero-order valence-corrected chi connectivity index (χ0v) is 10.1. The molecule has 0 radical (unpaired) electrons. The molecule has 2 rings (SSSR count). The molecule has 2 heterocycles. The third-order valence-corrected chi connectivity index (χ3v) is 3.25. The number of carbonyl (C=O) groups excluding carboxylic acids is 1. The van der Waals surface area contributed by atoms with Crippen LogP contribution in [0, 0.1) is 5.92 Å². The van der Waals surface area contributed by atoms with Gasteiger partial charge in [0.05, 0.1) is 6.20 Å². The van der Waals surface area contributed by atoms with Crippen LogP contribution in [0.15, 0.2) is 6.20 Å². The van der Waals surface area contributed by atoms with Gasteiger partial charge in [-0.3, -0.25) is 5.10 Å². The molecule has 6 heteroatoms. The monoisotopic (exact) mass is 237 g/mol. The Morgan fingerprint density at radius 1 is 1.65 bits per heavy atom. The molecule has 1 aliphatic heterocycles. The number of nitrogens with two attached hydrogens (primary N) is 1. The van der Waals surface area contributed by atoms with Crippen molar-refractivity contribution < 1.29 is 4.79 Å². The van der Waals surface area contributed by atoms with Crippen molar-refractivity contribution in [2.24, 2.45) is 5.92 Å². The summed E-state index contributed by atoms with van der Waals surface area (Å²) in [6.45, 7) is 4.33. The van der Waals surface area contributed by atoms with Gasteiger partial charge in [-0.15, -0.1) is 0 Å². The topological polar surface area (TPSA) is 87.0 Å². The van der Waals surface area contributed by atoms with Gasteiger partial charge in [0.1, 0.15) is 5.82 Å². The predicted octanol–water partition coefficient (Wildman–Crippen LogP) is 0.933. The van der Waals surface area contributed by atoms with Gasteiger partial charge < -0.3 is 16.0 Å². The van der Waals surface area contributed by atoms with Crippen LogP contribution in [0.3, 0.4) is 0 Å². The van der Waals surface area contributed by atoms with E-state index in [1.54, 1.807) is 6.20 Å². The summed E-state index contributed by atoms with van der Waals surface area (Å²) in [4.78, 5) is 13.7. The van der Waals surface area contributed by atoms with Crippen molar-refractivity contribution in [1.29, 1.82) is 0 Å². The second-order valence-electron chi connectivity index (χ2n) is 4.64. The first-order valence-electron chi connectivity index (χ1n) is 5.97. The van der Waals surface area contributed by atoms with E-state index in [9.17, 15) is 4.79 Å². The maximum absolute atomic E-state index is 11.9. The number of nitrogens with one attached hydrogen (secondary N) is 2. The fourth-order valence-corrected chi connectivity index (χ4v) is 1.96. The van der Waals surface area contributed by atoms with E-state index in [4.69, 9.17) is 5.73 Å². The van der Waals surface area contributed by atoms with E-state index in [-0.39, 0.29) is 6.03 Å². The van der Waals surface area contributed by atoms with Crippen LogP contribution < -0.4 is 11.1 Å². The summed E-state index contributed by atoms with van der Waals surface area (Å²) in [6, 6.07) is -0.0162. The molecule has 6 nitrogen and oxygen atoms in total. The van der Waals surface area contributed by atoms with E-state index >= 15 is 0 Å². The van der Waals surface area contributed by atoms with Crippen LogP contribution in [0.5, 0.6) is 0 Å². The molecular weight excluding hydrogens is 218 g/mol. The van der Waals surface area contributed by atoms with Gasteiger partial charge in [0.15, 0.2) is 0 Å². The first kappa shape index (κ1) is 11.8. The minimum atomic E-state index is -0.0162. The third kappa shape index (κ3) is 2.89. The largest absolute Gasteiger partial charge is 0.384 e. The SMILES string of the molecule is CC1CCN(C(=O)NCc2cn[nH]c2N)CC1. The van der Waals surface area contributed by atoms with E-state index in [1.807, 2.05) is 4.90 Å². The van der Waals surface area contributed by atoms with E-state index in [2.05, 4.69) is 22.4 Å². The van der Waals surface area contributed by atoms with Crippen molar-refractivity contribution in [1.82, 2.24) is 20.4 Å². The number of rotatable bonds is 2. The van der Waals surface area contributed by atoms with Gasteiger partial charge in [0, 0.05) is 25.2 Å². The molecule has 0 unspecified atom stereocenters. The molecule has 0 aromatic carbocycles. The number of likely N-dealkylation sites (tertiary alicyclic amines) is 1. The van der Waals surface area contributed by atoms with Crippen molar-refractivity contribution in [2.45, 2.75) is 26.3 Å². The van der Waals surface area contributed by atoms with Crippen LogP contribution >= 0.6 is 0 Å². The van der Waals surface area contributed by atoms with Crippen molar-refractivity contribution in [2.75, 3.05) is 18.8 Å². The first-order valence-corrected chi connectivity index (χ1v) is 5.97. The molecule has 1 saturated heterocycles. The van der Waals surface area contributed by atoms with Crippen LogP contribution in [-0.2, 0) is 6.54 Å². The molecule has 0 bridgehead atoms. The number of aromatic amines is 1. The normalized spacial score (nSPS) is 17.1. The lowest BCUT2D eigenvalue weighted by atomic mass is 10.00. The van der Waals surface area contributed by atoms with Crippen molar-refractivity contribution in [3.63, 3.8) is 0 Å². The first-order chi connectivity index (χ1) is 8.16. The number of hydrogen-bond acceptors (Lipinski definition) is 3. The molecule has 94 valence electrons. The van der Waals surface area contributed by atoms with Crippen LogP contribution in [0.25, 0.3) is 0 Å². The Labute approximate surface area is 101 Å². The third-order valence-electron chi connectivity index (χ3n) is 3.25. The highest BCUT2D eigenvalue weighted by atomic mass is 16.2. The van der Waals surface area contributed by atoms with E-state index in [1.165, 1.54) is 0 Å². The molecule has 4 N–H and O–H groups in total. The quantitative estimate of drug-likeness (QED) is 0.715. The highest BCUT2D eigenvalue weighted by molar-refractivity contribution is 5.74. The smallest absolute Gasteiger partial charge is 0.317 e. The Balaban J connectivity index is 1.80. The van der Waals surface area contributed by atoms with Crippen LogP contribution in [0.4, 0.5) is 10.6 Å². The van der Waals surface area contributed by atoms with E-state index in [0.717, 1.165) is 37.4 Å². The maximum atomic E-state index is 11.9. The number of nitrogen functional groups attached to an aromatic ring is 1. The second-order valence-corrected chi connectivity index (χ2v) is 4.64. The van der Waals surface area contributed by atoms with Gasteiger partial charge in [-0.05, 0) is 18.8 Å². The number of anilines is 1. The molecule has 1 aromatic rings. The Kier molecular flexibility index (Phi) is 3.51. The minimum absolute atomic E-state index is 0.0162. The van der Waals surface area contributed by atoms with Crippen molar-refractivity contribution in [3.05, 3.63) is 11.8 Å². The molecule has 1 aromatic heterocycles. The van der Waals surface area contributed by atoms with Crippen molar-refractivity contribution in [3.8, 4) is 0 Å². The summed E-state index contributed by atoms with van der Waals surface area (Å²) in [5.41, 5.74) is 6.46. The standard InChI is InChI=1S/C11H19N5O/c1-8-2-4-16(5-3-8)11(17)13-6-9-7-14-15-10(9)12/h7-8H,2-6H2,1H3,(H,13,17)(H3,12,14,15). The second kappa shape index (κ2) is 5.07. The average Bonchev–Trinajstić information content (AvgIpc) is 2.73. The Morgan fingerprint density at radius 3 is 2.94 bits per heavy atom.